The molecular formula is C21H30N4O4S. The van der Waals surface area contributed by atoms with Crippen molar-refractivity contribution in [1.82, 2.24) is 14.4 Å². The number of carbonyl (C=O) groups is 1. The molecule has 30 heavy (non-hydrogen) atoms. The quantitative estimate of drug-likeness (QED) is 0.683. The standard InChI is InChI=1S/C21H30N4O4S/c1-15(2)21-23-19(24-29-21)13-16-9-11-17(12-10-16)22-20(26)14-25(30(3,27)28)18-7-5-4-6-8-18/h9-12,15,18H,4-8,13-14H2,1-3H3,(H,22,26). The van der Waals surface area contributed by atoms with E-state index < -0.39 is 10.0 Å². The molecule has 0 aliphatic heterocycles. The minimum absolute atomic E-state index is 0.0902. The molecule has 2 aromatic rings. The van der Waals surface area contributed by atoms with Gasteiger partial charge in [0.15, 0.2) is 5.82 Å². The van der Waals surface area contributed by atoms with Crippen LogP contribution in [0, 0.1) is 0 Å². The van der Waals surface area contributed by atoms with Gasteiger partial charge in [0.2, 0.25) is 21.8 Å². The second-order valence-corrected chi connectivity index (χ2v) is 10.2. The highest BCUT2D eigenvalue weighted by atomic mass is 32.2. The van der Waals surface area contributed by atoms with Gasteiger partial charge in [0.1, 0.15) is 0 Å². The first-order chi connectivity index (χ1) is 14.2. The Morgan fingerprint density at radius 3 is 2.43 bits per heavy atom. The summed E-state index contributed by atoms with van der Waals surface area (Å²) in [6.07, 6.45) is 6.44. The minimum Gasteiger partial charge on any atom is -0.339 e. The van der Waals surface area contributed by atoms with Gasteiger partial charge in [-0.1, -0.05) is 50.4 Å². The van der Waals surface area contributed by atoms with Crippen molar-refractivity contribution in [3.8, 4) is 0 Å². The maximum atomic E-state index is 12.5. The molecule has 1 heterocycles. The first-order valence-corrected chi connectivity index (χ1v) is 12.3. The molecule has 3 rings (SSSR count). The zero-order valence-corrected chi connectivity index (χ0v) is 18.6. The van der Waals surface area contributed by atoms with Crippen LogP contribution < -0.4 is 5.32 Å². The molecule has 1 N–H and O–H groups in total. The van der Waals surface area contributed by atoms with Crippen molar-refractivity contribution in [3.05, 3.63) is 41.5 Å². The van der Waals surface area contributed by atoms with Gasteiger partial charge in [-0.05, 0) is 30.5 Å². The van der Waals surface area contributed by atoms with Crippen LogP contribution in [0.25, 0.3) is 0 Å². The molecule has 9 heteroatoms. The monoisotopic (exact) mass is 434 g/mol. The van der Waals surface area contributed by atoms with Crippen molar-refractivity contribution in [2.45, 2.75) is 64.3 Å². The Morgan fingerprint density at radius 1 is 1.20 bits per heavy atom. The van der Waals surface area contributed by atoms with Crippen LogP contribution in [0.4, 0.5) is 5.69 Å². The lowest BCUT2D eigenvalue weighted by molar-refractivity contribution is -0.116. The zero-order valence-electron chi connectivity index (χ0n) is 17.8. The number of carbonyl (C=O) groups excluding carboxylic acids is 1. The molecular weight excluding hydrogens is 404 g/mol. The van der Waals surface area contributed by atoms with Crippen molar-refractivity contribution >= 4 is 21.6 Å². The average Bonchev–Trinajstić information content (AvgIpc) is 3.16. The van der Waals surface area contributed by atoms with E-state index in [-0.39, 0.29) is 24.4 Å². The number of nitrogens with zero attached hydrogens (tertiary/aromatic N) is 3. The van der Waals surface area contributed by atoms with E-state index in [0.29, 0.717) is 23.8 Å². The Balaban J connectivity index is 1.59. The van der Waals surface area contributed by atoms with Crippen LogP contribution in [-0.4, -0.2) is 47.6 Å². The van der Waals surface area contributed by atoms with Crippen LogP contribution in [0.1, 0.15) is 69.1 Å². The Kier molecular flexibility index (Phi) is 7.25. The van der Waals surface area contributed by atoms with Gasteiger partial charge in [-0.2, -0.15) is 9.29 Å². The van der Waals surface area contributed by atoms with Crippen LogP contribution in [0.15, 0.2) is 28.8 Å². The number of anilines is 1. The molecule has 1 aromatic carbocycles. The Labute approximate surface area is 178 Å². The Bertz CT molecular complexity index is 948. The minimum atomic E-state index is -3.45. The topological polar surface area (TPSA) is 105 Å². The van der Waals surface area contributed by atoms with Gasteiger partial charge in [-0.3, -0.25) is 4.79 Å². The number of nitrogens with one attached hydrogen (secondary N) is 1. The Morgan fingerprint density at radius 2 is 1.87 bits per heavy atom. The number of hydrogen-bond acceptors (Lipinski definition) is 6. The molecule has 164 valence electrons. The summed E-state index contributed by atoms with van der Waals surface area (Å²) in [5.41, 5.74) is 1.61. The second kappa shape index (κ2) is 9.70. The molecule has 1 aliphatic carbocycles. The number of rotatable bonds is 8. The molecule has 0 spiro atoms. The third-order valence-electron chi connectivity index (χ3n) is 5.29. The summed E-state index contributed by atoms with van der Waals surface area (Å²) in [4.78, 5) is 16.9. The summed E-state index contributed by atoms with van der Waals surface area (Å²) in [5, 5.41) is 6.78. The molecule has 1 fully saturated rings. The van der Waals surface area contributed by atoms with Crippen LogP contribution in [0.5, 0.6) is 0 Å². The number of aromatic nitrogens is 2. The van der Waals surface area contributed by atoms with Crippen LogP contribution in [-0.2, 0) is 21.2 Å². The zero-order chi connectivity index (χ0) is 21.7. The van der Waals surface area contributed by atoms with E-state index in [1.165, 1.54) is 10.6 Å². The highest BCUT2D eigenvalue weighted by Gasteiger charge is 2.29. The van der Waals surface area contributed by atoms with Crippen molar-refractivity contribution in [3.63, 3.8) is 0 Å². The van der Waals surface area contributed by atoms with E-state index >= 15 is 0 Å². The smallest absolute Gasteiger partial charge is 0.239 e. The fourth-order valence-corrected chi connectivity index (χ4v) is 4.79. The van der Waals surface area contributed by atoms with E-state index in [9.17, 15) is 13.2 Å². The summed E-state index contributed by atoms with van der Waals surface area (Å²) in [5.74, 6) is 1.08. The Hall–Kier alpha value is -2.26. The highest BCUT2D eigenvalue weighted by molar-refractivity contribution is 7.88. The third-order valence-corrected chi connectivity index (χ3v) is 6.56. The van der Waals surface area contributed by atoms with Crippen LogP contribution in [0.2, 0.25) is 0 Å². The number of hydrogen-bond donors (Lipinski definition) is 1. The second-order valence-electron chi connectivity index (χ2n) is 8.23. The molecule has 1 amide bonds. The molecule has 0 unspecified atom stereocenters. The highest BCUT2D eigenvalue weighted by Crippen LogP contribution is 2.24. The molecule has 0 radical (unpaired) electrons. The normalized spacial score (nSPS) is 15.6. The number of benzene rings is 1. The maximum absolute atomic E-state index is 12.5. The van der Waals surface area contributed by atoms with E-state index in [0.717, 1.165) is 37.7 Å². The molecule has 1 aromatic heterocycles. The summed E-state index contributed by atoms with van der Waals surface area (Å²) in [6.45, 7) is 3.83. The van der Waals surface area contributed by atoms with E-state index in [2.05, 4.69) is 15.5 Å². The SMILES string of the molecule is CC(C)c1nc(Cc2ccc(NC(=O)CN(C3CCCCC3)S(C)(=O)=O)cc2)no1. The van der Waals surface area contributed by atoms with Gasteiger partial charge < -0.3 is 9.84 Å². The van der Waals surface area contributed by atoms with Crippen molar-refractivity contribution < 1.29 is 17.7 Å². The number of amides is 1. The van der Waals surface area contributed by atoms with Gasteiger partial charge >= 0.3 is 0 Å². The van der Waals surface area contributed by atoms with Gasteiger partial charge in [0, 0.05) is 24.1 Å². The number of sulfonamides is 1. The molecule has 0 saturated heterocycles. The summed E-state index contributed by atoms with van der Waals surface area (Å²) in [7, 11) is -3.45. The molecule has 1 aliphatic rings. The third kappa shape index (κ3) is 6.12. The summed E-state index contributed by atoms with van der Waals surface area (Å²) < 4.78 is 31.0. The summed E-state index contributed by atoms with van der Waals surface area (Å²) >= 11 is 0. The maximum Gasteiger partial charge on any atom is 0.239 e. The van der Waals surface area contributed by atoms with Crippen molar-refractivity contribution in [1.29, 1.82) is 0 Å². The van der Waals surface area contributed by atoms with Crippen molar-refractivity contribution in [2.75, 3.05) is 18.1 Å². The van der Waals surface area contributed by atoms with E-state index in [1.54, 1.807) is 12.1 Å². The van der Waals surface area contributed by atoms with Gasteiger partial charge in [-0.25, -0.2) is 8.42 Å². The van der Waals surface area contributed by atoms with Crippen LogP contribution >= 0.6 is 0 Å². The van der Waals surface area contributed by atoms with Gasteiger partial charge in [0.05, 0.1) is 12.8 Å². The lowest BCUT2D eigenvalue weighted by Crippen LogP contribution is -2.45. The molecule has 0 atom stereocenters. The largest absolute Gasteiger partial charge is 0.339 e. The first-order valence-electron chi connectivity index (χ1n) is 10.4. The molecule has 0 bridgehead atoms. The molecule has 1 saturated carbocycles. The predicted molar refractivity (Wildman–Crippen MR) is 115 cm³/mol. The average molecular weight is 435 g/mol. The van der Waals surface area contributed by atoms with E-state index in [4.69, 9.17) is 4.52 Å². The fraction of sp³-hybridized carbons (Fsp3) is 0.571. The predicted octanol–water partition coefficient (Wildman–Crippen LogP) is 3.32. The van der Waals surface area contributed by atoms with E-state index in [1.807, 2.05) is 26.0 Å². The van der Waals surface area contributed by atoms with Gasteiger partial charge in [-0.15, -0.1) is 0 Å². The summed E-state index contributed by atoms with van der Waals surface area (Å²) in [6, 6.07) is 7.27. The molecule has 8 nitrogen and oxygen atoms in total. The lowest BCUT2D eigenvalue weighted by atomic mass is 9.95. The lowest BCUT2D eigenvalue weighted by Gasteiger charge is -2.31. The fourth-order valence-electron chi connectivity index (χ4n) is 3.69. The van der Waals surface area contributed by atoms with Crippen LogP contribution in [0.3, 0.4) is 0 Å². The first kappa shape index (κ1) is 22.4. The van der Waals surface area contributed by atoms with Gasteiger partial charge in [0.25, 0.3) is 0 Å². The van der Waals surface area contributed by atoms with Crippen molar-refractivity contribution in [2.24, 2.45) is 0 Å².